The molecule has 0 bridgehead atoms. The third kappa shape index (κ3) is 6.79. The van der Waals surface area contributed by atoms with Crippen LogP contribution in [0.2, 0.25) is 0 Å². The minimum Gasteiger partial charge on any atom is -0.396 e. The van der Waals surface area contributed by atoms with E-state index in [9.17, 15) is 0 Å². The van der Waals surface area contributed by atoms with Gasteiger partial charge in [0.2, 0.25) is 0 Å². The van der Waals surface area contributed by atoms with Gasteiger partial charge in [0.05, 0.1) is 24.4 Å². The van der Waals surface area contributed by atoms with Gasteiger partial charge in [-0.2, -0.15) is 0 Å². The molecule has 2 aliphatic heterocycles. The average Bonchev–Trinajstić information content (AvgIpc) is 3.53. The molecule has 5 nitrogen and oxygen atoms in total. The molecule has 2 heterocycles. The van der Waals surface area contributed by atoms with E-state index in [-0.39, 0.29) is 13.2 Å². The van der Waals surface area contributed by atoms with Crippen LogP contribution in [0, 0.1) is 11.8 Å². The van der Waals surface area contributed by atoms with Crippen LogP contribution in [0.4, 0.5) is 0 Å². The van der Waals surface area contributed by atoms with Crippen LogP contribution in [0.25, 0.3) is 0 Å². The summed E-state index contributed by atoms with van der Waals surface area (Å²) in [4.78, 5) is 0. The first-order valence-corrected chi connectivity index (χ1v) is 10.4. The molecule has 25 heavy (non-hydrogen) atoms. The fourth-order valence-corrected chi connectivity index (χ4v) is 4.25. The molecule has 2 saturated carbocycles. The van der Waals surface area contributed by atoms with Gasteiger partial charge < -0.3 is 24.4 Å². The first-order valence-electron chi connectivity index (χ1n) is 10.4. The van der Waals surface area contributed by atoms with Crippen LogP contribution in [-0.4, -0.2) is 61.1 Å². The van der Waals surface area contributed by atoms with Crippen LogP contribution in [-0.2, 0) is 14.2 Å². The van der Waals surface area contributed by atoms with E-state index in [0.717, 1.165) is 50.7 Å². The van der Waals surface area contributed by atoms with Crippen molar-refractivity contribution in [2.45, 2.75) is 88.6 Å². The number of aliphatic hydroxyl groups excluding tert-OH is 2. The maximum atomic E-state index is 8.30. The van der Waals surface area contributed by atoms with E-state index in [1.165, 1.54) is 38.5 Å². The molecule has 2 saturated heterocycles. The number of hydrogen-bond acceptors (Lipinski definition) is 5. The highest BCUT2D eigenvalue weighted by atomic mass is 16.6. The van der Waals surface area contributed by atoms with E-state index >= 15 is 0 Å². The average molecular weight is 357 g/mol. The monoisotopic (exact) mass is 356 g/mol. The van der Waals surface area contributed by atoms with Gasteiger partial charge in [-0.25, -0.2) is 0 Å². The summed E-state index contributed by atoms with van der Waals surface area (Å²) >= 11 is 0. The summed E-state index contributed by atoms with van der Waals surface area (Å²) in [6.07, 6.45) is 13.9. The largest absolute Gasteiger partial charge is 0.396 e. The molecule has 5 heteroatoms. The highest BCUT2D eigenvalue weighted by Gasteiger charge is 2.45. The van der Waals surface area contributed by atoms with Gasteiger partial charge in [0, 0.05) is 26.4 Å². The van der Waals surface area contributed by atoms with Crippen molar-refractivity contribution in [1.29, 1.82) is 0 Å². The van der Waals surface area contributed by atoms with Crippen LogP contribution in [0.15, 0.2) is 0 Å². The molecule has 0 radical (unpaired) electrons. The lowest BCUT2D eigenvalue weighted by Gasteiger charge is -2.22. The zero-order valence-electron chi connectivity index (χ0n) is 15.5. The summed E-state index contributed by atoms with van der Waals surface area (Å²) in [6, 6.07) is 0. The first-order chi connectivity index (χ1) is 12.3. The molecule has 0 aromatic rings. The molecule has 2 N–H and O–H groups in total. The second-order valence-corrected chi connectivity index (χ2v) is 8.18. The van der Waals surface area contributed by atoms with E-state index in [4.69, 9.17) is 24.4 Å². The summed E-state index contributed by atoms with van der Waals surface area (Å²) in [7, 11) is 0. The molecule has 2 aliphatic carbocycles. The molecule has 0 aromatic carbocycles. The second kappa shape index (κ2) is 10.2. The molecule has 6 unspecified atom stereocenters. The van der Waals surface area contributed by atoms with E-state index in [1.54, 1.807) is 0 Å². The fourth-order valence-electron chi connectivity index (χ4n) is 4.25. The van der Waals surface area contributed by atoms with Gasteiger partial charge in [-0.05, 0) is 63.2 Å². The summed E-state index contributed by atoms with van der Waals surface area (Å²) < 4.78 is 17.0. The van der Waals surface area contributed by atoms with Gasteiger partial charge in [0.1, 0.15) is 0 Å². The molecule has 0 spiro atoms. The number of unbranched alkanes of at least 4 members (excludes halogenated alkanes) is 3. The van der Waals surface area contributed by atoms with E-state index in [1.807, 2.05) is 0 Å². The summed E-state index contributed by atoms with van der Waals surface area (Å²) in [5.74, 6) is 1.51. The first kappa shape index (κ1) is 19.6. The Hall–Kier alpha value is -0.200. The van der Waals surface area contributed by atoms with Crippen molar-refractivity contribution >= 4 is 0 Å². The van der Waals surface area contributed by atoms with Crippen LogP contribution >= 0.6 is 0 Å². The third-order valence-corrected chi connectivity index (χ3v) is 6.00. The highest BCUT2D eigenvalue weighted by Crippen LogP contribution is 2.41. The predicted molar refractivity (Wildman–Crippen MR) is 95.5 cm³/mol. The van der Waals surface area contributed by atoms with Crippen molar-refractivity contribution in [2.75, 3.05) is 26.4 Å². The smallest absolute Gasteiger partial charge is 0.0845 e. The van der Waals surface area contributed by atoms with Crippen molar-refractivity contribution in [3.63, 3.8) is 0 Å². The standard InChI is InChI=1S/C14H22O3.C6H14O2/c1-3-11-13(16-11)5-9(1)7-15-8-10-2-4-12-14(6-10)17-12;7-5-3-1-2-4-6-8/h9-14H,1-8H2;7-8H,1-6H2. The molecular formula is C20H36O5. The van der Waals surface area contributed by atoms with Crippen molar-refractivity contribution in [1.82, 2.24) is 0 Å². The molecule has 0 aromatic heterocycles. The van der Waals surface area contributed by atoms with Crippen LogP contribution < -0.4 is 0 Å². The van der Waals surface area contributed by atoms with Gasteiger partial charge in [0.15, 0.2) is 0 Å². The maximum absolute atomic E-state index is 8.30. The molecule has 4 aliphatic rings. The topological polar surface area (TPSA) is 74.8 Å². The van der Waals surface area contributed by atoms with Crippen molar-refractivity contribution in [2.24, 2.45) is 11.8 Å². The van der Waals surface area contributed by atoms with Crippen LogP contribution in [0.3, 0.4) is 0 Å². The number of epoxide rings is 2. The van der Waals surface area contributed by atoms with Gasteiger partial charge in [-0.15, -0.1) is 0 Å². The number of hydrogen-bond donors (Lipinski definition) is 2. The van der Waals surface area contributed by atoms with Crippen molar-refractivity contribution < 1.29 is 24.4 Å². The Morgan fingerprint density at radius 2 is 1.12 bits per heavy atom. The predicted octanol–water partition coefficient (Wildman–Crippen LogP) is 2.67. The van der Waals surface area contributed by atoms with Gasteiger partial charge in [0.25, 0.3) is 0 Å². The van der Waals surface area contributed by atoms with Crippen molar-refractivity contribution in [3.05, 3.63) is 0 Å². The lowest BCUT2D eigenvalue weighted by Crippen LogP contribution is -2.22. The van der Waals surface area contributed by atoms with Crippen molar-refractivity contribution in [3.8, 4) is 0 Å². The van der Waals surface area contributed by atoms with Crippen LogP contribution in [0.5, 0.6) is 0 Å². The Bertz CT molecular complexity index is 343. The second-order valence-electron chi connectivity index (χ2n) is 8.18. The molecular weight excluding hydrogens is 320 g/mol. The third-order valence-electron chi connectivity index (χ3n) is 6.00. The summed E-state index contributed by atoms with van der Waals surface area (Å²) in [5.41, 5.74) is 0. The number of rotatable bonds is 9. The van der Waals surface area contributed by atoms with Gasteiger partial charge in [-0.1, -0.05) is 12.8 Å². The maximum Gasteiger partial charge on any atom is 0.0845 e. The summed E-state index contributed by atoms with van der Waals surface area (Å²) in [6.45, 7) is 2.48. The van der Waals surface area contributed by atoms with E-state index in [2.05, 4.69) is 0 Å². The number of ether oxygens (including phenoxy) is 3. The van der Waals surface area contributed by atoms with Gasteiger partial charge in [-0.3, -0.25) is 0 Å². The number of aliphatic hydroxyl groups is 2. The fraction of sp³-hybridized carbons (Fsp3) is 1.00. The minimum absolute atomic E-state index is 0.283. The molecule has 4 rings (SSSR count). The lowest BCUT2D eigenvalue weighted by atomic mass is 9.89. The Kier molecular flexibility index (Phi) is 7.99. The van der Waals surface area contributed by atoms with E-state index < -0.39 is 0 Å². The SMILES string of the molecule is C1CC2OC2CC1COCC1CCC2OC2C1.OCCCCCCO. The summed E-state index contributed by atoms with van der Waals surface area (Å²) in [5, 5.41) is 16.6. The zero-order chi connectivity index (χ0) is 17.5. The molecule has 146 valence electrons. The quantitative estimate of drug-likeness (QED) is 0.491. The Balaban J connectivity index is 0.000000197. The minimum atomic E-state index is 0.283. The normalized spacial score (nSPS) is 38.2. The molecule has 4 fully saturated rings. The molecule has 6 atom stereocenters. The van der Waals surface area contributed by atoms with E-state index in [0.29, 0.717) is 24.4 Å². The zero-order valence-corrected chi connectivity index (χ0v) is 15.5. The Morgan fingerprint density at radius 1 is 0.640 bits per heavy atom. The van der Waals surface area contributed by atoms with Gasteiger partial charge >= 0.3 is 0 Å². The Morgan fingerprint density at radius 3 is 1.52 bits per heavy atom. The number of fused-ring (bicyclic) bond motifs is 2. The lowest BCUT2D eigenvalue weighted by molar-refractivity contribution is 0.0547. The molecule has 0 amide bonds. The highest BCUT2D eigenvalue weighted by molar-refractivity contribution is 4.93. The Labute approximate surface area is 152 Å². The van der Waals surface area contributed by atoms with Crippen LogP contribution in [0.1, 0.15) is 64.2 Å².